The summed E-state index contributed by atoms with van der Waals surface area (Å²) in [5.74, 6) is 6.69. The van der Waals surface area contributed by atoms with Crippen molar-refractivity contribution in [3.63, 3.8) is 0 Å². The van der Waals surface area contributed by atoms with Crippen molar-refractivity contribution in [1.29, 1.82) is 0 Å². The molecule has 48 heavy (non-hydrogen) atoms. The minimum atomic E-state index is 0.0890. The Morgan fingerprint density at radius 3 is 2.75 bits per heavy atom. The van der Waals surface area contributed by atoms with Crippen LogP contribution < -0.4 is 5.32 Å². The fraction of sp³-hybridized carbons (Fsp3) is 0.359. The normalized spacial score (nSPS) is 14.8. The van der Waals surface area contributed by atoms with E-state index < -0.39 is 0 Å². The molecule has 0 aliphatic carbocycles. The molecule has 1 fully saturated rings. The number of imidazole rings is 1. The summed E-state index contributed by atoms with van der Waals surface area (Å²) in [4.78, 5) is 22.9. The highest BCUT2D eigenvalue weighted by Gasteiger charge is 2.24. The number of likely N-dealkylation sites (tertiary alicyclic amines) is 1. The molecule has 9 heteroatoms. The number of aryl methyl sites for hydroxylation is 3. The molecule has 1 saturated heterocycles. The first-order valence-corrected chi connectivity index (χ1v) is 16.6. The van der Waals surface area contributed by atoms with Crippen molar-refractivity contribution in [2.75, 3.05) is 46.2 Å². The molecule has 0 radical (unpaired) electrons. The zero-order valence-electron chi connectivity index (χ0n) is 28.7. The molecule has 2 aromatic carbocycles. The number of hydrogen-bond acceptors (Lipinski definition) is 7. The monoisotopic (exact) mass is 643 g/mol. The topological polar surface area (TPSA) is 79.9 Å². The number of Topliss-reactive ketones (excluding diaryl/α,β-unsaturated/α-hetero) is 1. The number of aromatic nitrogens is 4. The van der Waals surface area contributed by atoms with Crippen molar-refractivity contribution in [3.8, 4) is 11.8 Å². The van der Waals surface area contributed by atoms with Crippen molar-refractivity contribution in [2.45, 2.75) is 52.2 Å². The van der Waals surface area contributed by atoms with E-state index in [4.69, 9.17) is 4.74 Å². The van der Waals surface area contributed by atoms with Gasteiger partial charge in [0.2, 0.25) is 0 Å². The fourth-order valence-corrected chi connectivity index (χ4v) is 6.29. The van der Waals surface area contributed by atoms with Crippen molar-refractivity contribution in [3.05, 3.63) is 112 Å². The van der Waals surface area contributed by atoms with Crippen LogP contribution in [0.5, 0.6) is 0 Å². The quantitative estimate of drug-likeness (QED) is 0.103. The Balaban J connectivity index is 1.12. The fourth-order valence-electron chi connectivity index (χ4n) is 6.29. The summed E-state index contributed by atoms with van der Waals surface area (Å²) in [7, 11) is 6.03. The zero-order valence-corrected chi connectivity index (χ0v) is 28.7. The molecular weight excluding hydrogens is 598 g/mol. The summed E-state index contributed by atoms with van der Waals surface area (Å²) in [6.07, 6.45) is 9.99. The number of methoxy groups -OCH3 is 1. The molecule has 0 amide bonds. The Kier molecular flexibility index (Phi) is 10.4. The highest BCUT2D eigenvalue weighted by Crippen LogP contribution is 2.23. The van der Waals surface area contributed by atoms with Gasteiger partial charge in [0.25, 0.3) is 0 Å². The van der Waals surface area contributed by atoms with Crippen LogP contribution in [0.25, 0.3) is 5.65 Å². The van der Waals surface area contributed by atoms with Crippen molar-refractivity contribution in [1.82, 2.24) is 29.0 Å². The van der Waals surface area contributed by atoms with Gasteiger partial charge in [0.05, 0.1) is 23.8 Å². The molecule has 0 saturated carbocycles. The van der Waals surface area contributed by atoms with E-state index in [1.54, 1.807) is 13.3 Å². The lowest BCUT2D eigenvalue weighted by Gasteiger charge is -2.21. The predicted octanol–water partition coefficient (Wildman–Crippen LogP) is 5.89. The van der Waals surface area contributed by atoms with Crippen LogP contribution in [0.4, 0.5) is 11.4 Å². The maximum Gasteiger partial charge on any atom is 0.167 e. The summed E-state index contributed by atoms with van der Waals surface area (Å²) in [6.45, 7) is 8.85. The number of ketones is 1. The Hall–Kier alpha value is -4.75. The number of hydrogen-bond donors (Lipinski definition) is 1. The smallest absolute Gasteiger partial charge is 0.167 e. The van der Waals surface area contributed by atoms with Gasteiger partial charge in [0.1, 0.15) is 5.69 Å². The largest absolute Gasteiger partial charge is 0.385 e. The van der Waals surface area contributed by atoms with Crippen LogP contribution in [0, 0.1) is 25.7 Å². The number of nitrogens with one attached hydrogen (secondary N) is 1. The summed E-state index contributed by atoms with van der Waals surface area (Å²) >= 11 is 0. The summed E-state index contributed by atoms with van der Waals surface area (Å²) in [6, 6.07) is 16.9. The number of carbonyl (C=O) groups is 1. The molecule has 0 bridgehead atoms. The second kappa shape index (κ2) is 15.0. The minimum Gasteiger partial charge on any atom is -0.385 e. The number of anilines is 2. The van der Waals surface area contributed by atoms with Gasteiger partial charge in [-0.3, -0.25) is 18.8 Å². The number of nitrogens with zero attached hydrogens (tertiary/aromatic N) is 6. The first-order chi connectivity index (χ1) is 23.3. The molecule has 1 atom stereocenters. The highest BCUT2D eigenvalue weighted by atomic mass is 16.5. The van der Waals surface area contributed by atoms with Crippen LogP contribution in [0.15, 0.2) is 73.3 Å². The number of likely N-dealkylation sites (N-methyl/N-ethyl adjacent to an activating group) is 1. The Bertz CT molecular complexity index is 1960. The zero-order chi connectivity index (χ0) is 33.6. The van der Waals surface area contributed by atoms with Crippen LogP contribution in [-0.4, -0.2) is 81.7 Å². The standard InChI is InChI=1S/C39H45N7O2/c1-28-9-11-32(38(47)21-30-10-12-33(29(2)20-30)25-44-18-15-36(27-44)43(3)4)22-31(28)13-14-35-24-40-39-37(8-6-17-46(35)39)42-34-23-41-45(26-34)16-7-19-48-5/h6,8-12,17,20,22-24,26,36,42H,7,15-16,18-19,21,25,27H2,1-5H3. The van der Waals surface area contributed by atoms with Gasteiger partial charge in [-0.2, -0.15) is 5.10 Å². The van der Waals surface area contributed by atoms with Crippen molar-refractivity contribution >= 4 is 22.8 Å². The molecule has 1 N–H and O–H groups in total. The van der Waals surface area contributed by atoms with Gasteiger partial charge in [-0.1, -0.05) is 36.3 Å². The molecular formula is C39H45N7O2. The third-order valence-electron chi connectivity index (χ3n) is 9.21. The van der Waals surface area contributed by atoms with Crippen LogP contribution in [0.1, 0.15) is 56.7 Å². The van der Waals surface area contributed by atoms with E-state index in [0.29, 0.717) is 24.6 Å². The lowest BCUT2D eigenvalue weighted by molar-refractivity contribution is 0.0993. The average molecular weight is 644 g/mol. The molecule has 3 aromatic heterocycles. The third kappa shape index (κ3) is 7.85. The average Bonchev–Trinajstić information content (AvgIpc) is 3.83. The van der Waals surface area contributed by atoms with E-state index >= 15 is 0 Å². The number of pyridine rings is 1. The van der Waals surface area contributed by atoms with E-state index in [1.807, 2.05) is 64.9 Å². The number of ether oxygens (including phenoxy) is 1. The lowest BCUT2D eigenvalue weighted by Crippen LogP contribution is -2.31. The van der Waals surface area contributed by atoms with Gasteiger partial charge < -0.3 is 15.0 Å². The van der Waals surface area contributed by atoms with Crippen LogP contribution in [0.2, 0.25) is 0 Å². The van der Waals surface area contributed by atoms with Gasteiger partial charge in [0, 0.05) is 75.9 Å². The van der Waals surface area contributed by atoms with E-state index in [0.717, 1.165) is 72.0 Å². The summed E-state index contributed by atoms with van der Waals surface area (Å²) < 4.78 is 9.02. The first-order valence-electron chi connectivity index (χ1n) is 16.6. The summed E-state index contributed by atoms with van der Waals surface area (Å²) in [5, 5.41) is 7.87. The summed E-state index contributed by atoms with van der Waals surface area (Å²) in [5.41, 5.74) is 9.43. The second-order valence-corrected chi connectivity index (χ2v) is 13.0. The second-order valence-electron chi connectivity index (χ2n) is 13.0. The molecule has 1 unspecified atom stereocenters. The number of carbonyl (C=O) groups excluding carboxylic acids is 1. The number of rotatable bonds is 12. The van der Waals surface area contributed by atoms with Crippen molar-refractivity contribution in [2.24, 2.45) is 0 Å². The van der Waals surface area contributed by atoms with E-state index in [1.165, 1.54) is 17.5 Å². The Morgan fingerprint density at radius 2 is 1.96 bits per heavy atom. The van der Waals surface area contributed by atoms with Gasteiger partial charge in [-0.15, -0.1) is 0 Å². The molecule has 5 aromatic rings. The molecule has 9 nitrogen and oxygen atoms in total. The lowest BCUT2D eigenvalue weighted by atomic mass is 9.97. The molecule has 6 rings (SSSR count). The maximum absolute atomic E-state index is 13.4. The van der Waals surface area contributed by atoms with Gasteiger partial charge in [-0.05, 0) is 87.2 Å². The Labute approximate surface area is 283 Å². The Morgan fingerprint density at radius 1 is 1.08 bits per heavy atom. The van der Waals surface area contributed by atoms with Crippen LogP contribution in [0.3, 0.4) is 0 Å². The first kappa shape index (κ1) is 33.2. The van der Waals surface area contributed by atoms with E-state index in [2.05, 4.69) is 76.3 Å². The number of fused-ring (bicyclic) bond motifs is 1. The van der Waals surface area contributed by atoms with Crippen LogP contribution >= 0.6 is 0 Å². The molecule has 1 aliphatic heterocycles. The van der Waals surface area contributed by atoms with Gasteiger partial charge in [-0.25, -0.2) is 4.98 Å². The van der Waals surface area contributed by atoms with Gasteiger partial charge in [0.15, 0.2) is 11.4 Å². The SMILES string of the molecule is COCCCn1cc(Nc2cccn3c(C#Cc4cc(C(=O)Cc5ccc(CN6CCC(N(C)C)C6)c(C)c5)ccc4C)cnc23)cn1. The number of benzene rings is 2. The van der Waals surface area contributed by atoms with Crippen LogP contribution in [-0.2, 0) is 24.2 Å². The maximum atomic E-state index is 13.4. The molecule has 1 aliphatic rings. The minimum absolute atomic E-state index is 0.0890. The van der Waals surface area contributed by atoms with E-state index in [9.17, 15) is 4.79 Å². The predicted molar refractivity (Wildman–Crippen MR) is 191 cm³/mol. The highest BCUT2D eigenvalue weighted by molar-refractivity contribution is 5.98. The molecule has 0 spiro atoms. The van der Waals surface area contributed by atoms with Gasteiger partial charge >= 0.3 is 0 Å². The third-order valence-corrected chi connectivity index (χ3v) is 9.21. The van der Waals surface area contributed by atoms with Crippen molar-refractivity contribution < 1.29 is 9.53 Å². The molecule has 248 valence electrons. The van der Waals surface area contributed by atoms with E-state index in [-0.39, 0.29) is 5.78 Å². The molecule has 4 heterocycles.